The highest BCUT2D eigenvalue weighted by Crippen LogP contribution is 2.31. The largest absolute Gasteiger partial charge is 0.496 e. The van der Waals surface area contributed by atoms with Crippen LogP contribution in [0.25, 0.3) is 0 Å². The van der Waals surface area contributed by atoms with Crippen LogP contribution in [0, 0.1) is 3.57 Å². The molecule has 2 nitrogen and oxygen atoms in total. The second-order valence-electron chi connectivity index (χ2n) is 2.93. The highest BCUT2D eigenvalue weighted by molar-refractivity contribution is 14.1. The van der Waals surface area contributed by atoms with Crippen LogP contribution in [0.15, 0.2) is 12.1 Å². The Hall–Kier alpha value is -0.720. The zero-order valence-corrected chi connectivity index (χ0v) is 10.3. The number of hydrogen-bond acceptors (Lipinski definition) is 2. The number of ketones is 1. The van der Waals surface area contributed by atoms with Gasteiger partial charge in [0, 0.05) is 9.13 Å². The summed E-state index contributed by atoms with van der Waals surface area (Å²) >= 11 is 1.78. The zero-order valence-electron chi connectivity index (χ0n) is 8.18. The number of carbonyl (C=O) groups is 1. The summed E-state index contributed by atoms with van der Waals surface area (Å²) in [5.41, 5.74) is 0.212. The monoisotopic (exact) mass is 326 g/mol. The highest BCUT2D eigenvalue weighted by Gasteiger charge is 2.17. The first-order chi connectivity index (χ1) is 6.97. The molecular weight excluding hydrogens is 317 g/mol. The first-order valence-electron chi connectivity index (χ1n) is 4.14. The number of ether oxygens (including phenoxy) is 1. The van der Waals surface area contributed by atoms with Crippen LogP contribution in [0.2, 0.25) is 0 Å². The lowest BCUT2D eigenvalue weighted by Crippen LogP contribution is -2.01. The van der Waals surface area contributed by atoms with Gasteiger partial charge in [-0.15, -0.1) is 0 Å². The molecule has 1 aromatic carbocycles. The zero-order chi connectivity index (χ0) is 11.6. The maximum atomic E-state index is 12.5. The van der Waals surface area contributed by atoms with Gasteiger partial charge >= 0.3 is 0 Å². The maximum Gasteiger partial charge on any atom is 0.265 e. The van der Waals surface area contributed by atoms with Crippen molar-refractivity contribution in [1.82, 2.24) is 0 Å². The second kappa shape index (κ2) is 4.87. The second-order valence-corrected chi connectivity index (χ2v) is 4.09. The molecule has 0 aromatic heterocycles. The predicted molar refractivity (Wildman–Crippen MR) is 60.7 cm³/mol. The van der Waals surface area contributed by atoms with Crippen molar-refractivity contribution in [2.75, 3.05) is 7.11 Å². The van der Waals surface area contributed by atoms with E-state index in [2.05, 4.69) is 0 Å². The van der Waals surface area contributed by atoms with Crippen molar-refractivity contribution in [3.63, 3.8) is 0 Å². The van der Waals surface area contributed by atoms with Gasteiger partial charge in [0.05, 0.1) is 12.7 Å². The first-order valence-corrected chi connectivity index (χ1v) is 5.21. The normalized spacial score (nSPS) is 10.5. The van der Waals surface area contributed by atoms with E-state index in [-0.39, 0.29) is 17.1 Å². The Balaban J connectivity index is 3.35. The Kier molecular flexibility index (Phi) is 4.01. The molecule has 5 heteroatoms. The third kappa shape index (κ3) is 2.64. The molecule has 0 spiro atoms. The van der Waals surface area contributed by atoms with E-state index in [9.17, 15) is 13.6 Å². The standard InChI is InChI=1S/C10H9F2IO2/c1-5(14)6-3-8(13)7(10(11)12)4-9(6)15-2/h3-4,10H,1-2H3. The van der Waals surface area contributed by atoms with Gasteiger partial charge in [0.15, 0.2) is 5.78 Å². The summed E-state index contributed by atoms with van der Waals surface area (Å²) in [6.07, 6.45) is -2.56. The van der Waals surface area contributed by atoms with E-state index in [1.54, 1.807) is 22.6 Å². The Bertz CT molecular complexity index is 391. The number of benzene rings is 1. The number of rotatable bonds is 3. The lowest BCUT2D eigenvalue weighted by atomic mass is 10.1. The van der Waals surface area contributed by atoms with Gasteiger partial charge in [-0.3, -0.25) is 4.79 Å². The summed E-state index contributed by atoms with van der Waals surface area (Å²) in [4.78, 5) is 11.2. The predicted octanol–water partition coefficient (Wildman–Crippen LogP) is 3.44. The molecule has 0 N–H and O–H groups in total. The lowest BCUT2D eigenvalue weighted by molar-refractivity contribution is 0.101. The van der Waals surface area contributed by atoms with Crippen LogP contribution in [0.4, 0.5) is 8.78 Å². The molecule has 1 rings (SSSR count). The SMILES string of the molecule is COc1cc(C(F)F)c(I)cc1C(C)=O. The highest BCUT2D eigenvalue weighted by atomic mass is 127. The van der Waals surface area contributed by atoms with Crippen molar-refractivity contribution in [3.8, 4) is 5.75 Å². The van der Waals surface area contributed by atoms with Crippen molar-refractivity contribution in [1.29, 1.82) is 0 Å². The Morgan fingerprint density at radius 1 is 1.47 bits per heavy atom. The summed E-state index contributed by atoms with van der Waals surface area (Å²) in [5.74, 6) is -0.0104. The quantitative estimate of drug-likeness (QED) is 0.628. The molecule has 0 aliphatic rings. The number of methoxy groups -OCH3 is 1. The molecule has 0 fully saturated rings. The van der Waals surface area contributed by atoms with Gasteiger partial charge in [0.2, 0.25) is 0 Å². The first kappa shape index (κ1) is 12.4. The minimum absolute atomic E-state index is 0.113. The molecule has 82 valence electrons. The minimum atomic E-state index is -2.56. The third-order valence-corrected chi connectivity index (χ3v) is 2.87. The topological polar surface area (TPSA) is 26.3 Å². The van der Waals surface area contributed by atoms with E-state index in [0.717, 1.165) is 0 Å². The number of carbonyl (C=O) groups excluding carboxylic acids is 1. The van der Waals surface area contributed by atoms with E-state index in [1.807, 2.05) is 0 Å². The maximum absolute atomic E-state index is 12.5. The molecule has 0 radical (unpaired) electrons. The van der Waals surface area contributed by atoms with Crippen molar-refractivity contribution in [3.05, 3.63) is 26.8 Å². The van der Waals surface area contributed by atoms with Crippen LogP contribution in [0.1, 0.15) is 29.3 Å². The molecule has 0 saturated heterocycles. The van der Waals surface area contributed by atoms with E-state index in [0.29, 0.717) is 9.13 Å². The molecular formula is C10H9F2IO2. The van der Waals surface area contributed by atoms with E-state index >= 15 is 0 Å². The summed E-state index contributed by atoms with van der Waals surface area (Å²) in [6, 6.07) is 2.63. The number of alkyl halides is 2. The average molecular weight is 326 g/mol. The Morgan fingerprint density at radius 3 is 2.47 bits per heavy atom. The minimum Gasteiger partial charge on any atom is -0.496 e. The van der Waals surface area contributed by atoms with Crippen LogP contribution in [-0.2, 0) is 0 Å². The molecule has 0 aliphatic carbocycles. The smallest absolute Gasteiger partial charge is 0.265 e. The summed E-state index contributed by atoms with van der Waals surface area (Å²) in [7, 11) is 1.35. The molecule has 0 unspecified atom stereocenters. The van der Waals surface area contributed by atoms with Crippen molar-refractivity contribution >= 4 is 28.4 Å². The van der Waals surface area contributed by atoms with Crippen LogP contribution in [0.5, 0.6) is 5.75 Å². The Morgan fingerprint density at radius 2 is 2.07 bits per heavy atom. The summed E-state index contributed by atoms with van der Waals surface area (Å²) < 4.78 is 30.3. The van der Waals surface area contributed by atoms with Crippen LogP contribution < -0.4 is 4.74 Å². The van der Waals surface area contributed by atoms with Gasteiger partial charge in [-0.2, -0.15) is 0 Å². The fourth-order valence-electron chi connectivity index (χ4n) is 1.18. The number of halogens is 3. The van der Waals surface area contributed by atoms with Crippen LogP contribution in [-0.4, -0.2) is 12.9 Å². The number of Topliss-reactive ketones (excluding diaryl/α,β-unsaturated/α-hetero) is 1. The van der Waals surface area contributed by atoms with E-state index < -0.39 is 6.43 Å². The van der Waals surface area contributed by atoms with Crippen molar-refractivity contribution in [2.45, 2.75) is 13.3 Å². The Labute approximate surface area is 99.8 Å². The molecule has 0 aliphatic heterocycles. The molecule has 15 heavy (non-hydrogen) atoms. The van der Waals surface area contributed by atoms with Crippen LogP contribution in [0.3, 0.4) is 0 Å². The molecule has 0 amide bonds. The van der Waals surface area contributed by atoms with Crippen LogP contribution >= 0.6 is 22.6 Å². The van der Waals surface area contributed by atoms with Gasteiger partial charge in [-0.05, 0) is 41.6 Å². The molecule has 0 saturated carbocycles. The van der Waals surface area contributed by atoms with Crippen molar-refractivity contribution in [2.24, 2.45) is 0 Å². The van der Waals surface area contributed by atoms with Crippen molar-refractivity contribution < 1.29 is 18.3 Å². The molecule has 0 bridgehead atoms. The summed E-state index contributed by atoms with van der Waals surface area (Å²) in [5, 5.41) is 0. The van der Waals surface area contributed by atoms with Gasteiger partial charge in [-0.1, -0.05) is 0 Å². The average Bonchev–Trinajstić information content (AvgIpc) is 2.16. The van der Waals surface area contributed by atoms with Gasteiger partial charge in [-0.25, -0.2) is 8.78 Å². The summed E-state index contributed by atoms with van der Waals surface area (Å²) in [6.45, 7) is 1.37. The van der Waals surface area contributed by atoms with E-state index in [4.69, 9.17) is 4.74 Å². The molecule has 1 aromatic rings. The van der Waals surface area contributed by atoms with E-state index in [1.165, 1.54) is 26.2 Å². The third-order valence-electron chi connectivity index (χ3n) is 1.93. The number of hydrogen-bond donors (Lipinski definition) is 0. The molecule has 0 heterocycles. The lowest BCUT2D eigenvalue weighted by Gasteiger charge is -2.10. The fourth-order valence-corrected chi connectivity index (χ4v) is 1.88. The fraction of sp³-hybridized carbons (Fsp3) is 0.300. The van der Waals surface area contributed by atoms with Gasteiger partial charge in [0.1, 0.15) is 5.75 Å². The van der Waals surface area contributed by atoms with Gasteiger partial charge < -0.3 is 4.74 Å². The molecule has 0 atom stereocenters. The van der Waals surface area contributed by atoms with Gasteiger partial charge in [0.25, 0.3) is 6.43 Å².